The Morgan fingerprint density at radius 3 is 1.02 bits per heavy atom. The summed E-state index contributed by atoms with van der Waals surface area (Å²) >= 11 is 0. The first-order valence-corrected chi connectivity index (χ1v) is 24.2. The molecule has 0 aliphatic carbocycles. The van der Waals surface area contributed by atoms with Gasteiger partial charge < -0.3 is 19.5 Å². The largest absolute Gasteiger partial charge is 0.465 e. The average Bonchev–Trinajstić information content (AvgIpc) is 3.17. The van der Waals surface area contributed by atoms with E-state index < -0.39 is 0 Å². The first-order valence-electron chi connectivity index (χ1n) is 24.2. The zero-order valence-corrected chi connectivity index (χ0v) is 37.0. The molecule has 54 heavy (non-hydrogen) atoms. The van der Waals surface area contributed by atoms with E-state index in [1.165, 1.54) is 116 Å². The van der Waals surface area contributed by atoms with Gasteiger partial charge in [-0.15, -0.1) is 0 Å². The lowest BCUT2D eigenvalue weighted by atomic mass is 9.94. The minimum Gasteiger partial charge on any atom is -0.465 e. The van der Waals surface area contributed by atoms with Crippen molar-refractivity contribution in [3.05, 3.63) is 0 Å². The molecule has 6 heteroatoms. The van der Waals surface area contributed by atoms with E-state index in [9.17, 15) is 14.7 Å². The van der Waals surface area contributed by atoms with Gasteiger partial charge in [0.2, 0.25) is 0 Å². The van der Waals surface area contributed by atoms with Crippen molar-refractivity contribution in [2.45, 2.75) is 246 Å². The van der Waals surface area contributed by atoms with E-state index in [4.69, 9.17) is 9.47 Å². The molecule has 0 aromatic rings. The van der Waals surface area contributed by atoms with E-state index in [1.54, 1.807) is 0 Å². The molecule has 0 amide bonds. The van der Waals surface area contributed by atoms with Crippen LogP contribution in [-0.4, -0.2) is 61.4 Å². The third-order valence-electron chi connectivity index (χ3n) is 11.4. The third kappa shape index (κ3) is 35.3. The number of hydrogen-bond donors (Lipinski definition) is 1. The van der Waals surface area contributed by atoms with Gasteiger partial charge in [0.1, 0.15) is 0 Å². The molecule has 0 heterocycles. The van der Waals surface area contributed by atoms with Gasteiger partial charge in [-0.2, -0.15) is 0 Å². The van der Waals surface area contributed by atoms with Crippen LogP contribution in [0.3, 0.4) is 0 Å². The maximum atomic E-state index is 13.0. The van der Waals surface area contributed by atoms with Crippen LogP contribution in [0.2, 0.25) is 0 Å². The van der Waals surface area contributed by atoms with Gasteiger partial charge in [-0.05, 0) is 83.8 Å². The SMILES string of the molecule is CCCCCCCCC(CCCCCC)C(=O)OCCCCCCN(CCCCO)CCCCCCOC(=O)C(CCCCCC)CCCCCCCC. The zero-order chi connectivity index (χ0) is 39.6. The van der Waals surface area contributed by atoms with Crippen LogP contribution >= 0.6 is 0 Å². The Labute approximate surface area is 337 Å². The quantitative estimate of drug-likeness (QED) is 0.0492. The number of ether oxygens (including phenoxy) is 2. The summed E-state index contributed by atoms with van der Waals surface area (Å²) in [6.45, 7) is 13.6. The highest BCUT2D eigenvalue weighted by atomic mass is 16.5. The molecule has 0 aromatic carbocycles. The highest BCUT2D eigenvalue weighted by Crippen LogP contribution is 2.22. The number of rotatable bonds is 44. The average molecular weight is 766 g/mol. The van der Waals surface area contributed by atoms with Crippen molar-refractivity contribution in [1.29, 1.82) is 0 Å². The second-order valence-electron chi connectivity index (χ2n) is 16.6. The minimum atomic E-state index is 0.0544. The molecule has 6 nitrogen and oxygen atoms in total. The number of carbonyl (C=O) groups is 2. The molecule has 0 aromatic heterocycles. The van der Waals surface area contributed by atoms with Gasteiger partial charge in [0.15, 0.2) is 0 Å². The first kappa shape index (κ1) is 52.9. The van der Waals surface area contributed by atoms with Crippen LogP contribution in [0.4, 0.5) is 0 Å². The molecular formula is C48H95NO5. The summed E-state index contributed by atoms with van der Waals surface area (Å²) in [5.41, 5.74) is 0. The molecule has 1 N–H and O–H groups in total. The van der Waals surface area contributed by atoms with Crippen molar-refractivity contribution in [2.24, 2.45) is 11.8 Å². The normalized spacial score (nSPS) is 12.7. The van der Waals surface area contributed by atoms with Crippen LogP contribution in [0.1, 0.15) is 246 Å². The smallest absolute Gasteiger partial charge is 0.308 e. The number of aliphatic hydroxyl groups excluding tert-OH is 1. The van der Waals surface area contributed by atoms with Crippen molar-refractivity contribution in [2.75, 3.05) is 39.5 Å². The summed E-state index contributed by atoms with van der Waals surface area (Å²) in [6, 6.07) is 0. The highest BCUT2D eigenvalue weighted by molar-refractivity contribution is 5.72. The Balaban J connectivity index is 4.36. The summed E-state index contributed by atoms with van der Waals surface area (Å²) in [6.07, 6.45) is 39.6. The monoisotopic (exact) mass is 766 g/mol. The number of esters is 2. The number of carbonyl (C=O) groups excluding carboxylic acids is 2. The molecule has 0 fully saturated rings. The number of unbranched alkanes of at least 4 members (excludes halogenated alkanes) is 23. The van der Waals surface area contributed by atoms with Crippen LogP contribution < -0.4 is 0 Å². The zero-order valence-electron chi connectivity index (χ0n) is 37.0. The van der Waals surface area contributed by atoms with E-state index in [0.717, 1.165) is 122 Å². The number of nitrogens with zero attached hydrogens (tertiary/aromatic N) is 1. The summed E-state index contributed by atoms with van der Waals surface area (Å²) in [5.74, 6) is 0.290. The number of aliphatic hydroxyl groups is 1. The Hall–Kier alpha value is -1.14. The maximum absolute atomic E-state index is 13.0. The van der Waals surface area contributed by atoms with Crippen molar-refractivity contribution in [3.8, 4) is 0 Å². The van der Waals surface area contributed by atoms with Crippen molar-refractivity contribution < 1.29 is 24.2 Å². The van der Waals surface area contributed by atoms with Crippen LogP contribution in [0.5, 0.6) is 0 Å². The summed E-state index contributed by atoms with van der Waals surface area (Å²) in [4.78, 5) is 28.5. The maximum Gasteiger partial charge on any atom is 0.308 e. The molecule has 0 aliphatic heterocycles. The molecule has 322 valence electrons. The van der Waals surface area contributed by atoms with Gasteiger partial charge in [-0.3, -0.25) is 9.59 Å². The van der Waals surface area contributed by atoms with E-state index in [0.29, 0.717) is 13.2 Å². The van der Waals surface area contributed by atoms with E-state index in [1.807, 2.05) is 0 Å². The van der Waals surface area contributed by atoms with Crippen molar-refractivity contribution in [1.82, 2.24) is 4.90 Å². The predicted molar refractivity (Wildman–Crippen MR) is 232 cm³/mol. The fourth-order valence-corrected chi connectivity index (χ4v) is 7.68. The van der Waals surface area contributed by atoms with Crippen LogP contribution in [0.15, 0.2) is 0 Å². The highest BCUT2D eigenvalue weighted by Gasteiger charge is 2.20. The summed E-state index contributed by atoms with van der Waals surface area (Å²) in [7, 11) is 0. The Morgan fingerprint density at radius 2 is 0.667 bits per heavy atom. The van der Waals surface area contributed by atoms with Gasteiger partial charge in [-0.25, -0.2) is 0 Å². The van der Waals surface area contributed by atoms with Crippen molar-refractivity contribution in [3.63, 3.8) is 0 Å². The van der Waals surface area contributed by atoms with Gasteiger partial charge >= 0.3 is 11.9 Å². The van der Waals surface area contributed by atoms with Crippen LogP contribution in [-0.2, 0) is 19.1 Å². The molecule has 0 bridgehead atoms. The number of hydrogen-bond acceptors (Lipinski definition) is 6. The van der Waals surface area contributed by atoms with E-state index in [2.05, 4.69) is 32.6 Å². The summed E-state index contributed by atoms with van der Waals surface area (Å²) in [5, 5.41) is 9.32. The molecule has 2 unspecified atom stereocenters. The standard InChI is InChI=1S/C48H95NO5/c1-5-9-13-17-19-27-37-45(35-25-15-11-7-3)47(51)53-43-33-23-21-29-39-49(41-31-32-42-50)40-30-22-24-34-44-54-48(52)46(36-26-16-12-8-4)38-28-20-18-14-10-6-2/h45-46,50H,5-44H2,1-4H3. The third-order valence-corrected chi connectivity index (χ3v) is 11.4. The van der Waals surface area contributed by atoms with Crippen molar-refractivity contribution >= 4 is 11.9 Å². The first-order chi connectivity index (χ1) is 26.5. The molecule has 0 aliphatic rings. The minimum absolute atomic E-state index is 0.0544. The Kier molecular flexibility index (Phi) is 42.1. The molecular weight excluding hydrogens is 671 g/mol. The Morgan fingerprint density at radius 1 is 0.389 bits per heavy atom. The van der Waals surface area contributed by atoms with Gasteiger partial charge in [0.25, 0.3) is 0 Å². The fourth-order valence-electron chi connectivity index (χ4n) is 7.68. The van der Waals surface area contributed by atoms with Gasteiger partial charge in [0, 0.05) is 6.61 Å². The predicted octanol–water partition coefficient (Wildman–Crippen LogP) is 13.9. The van der Waals surface area contributed by atoms with Crippen LogP contribution in [0.25, 0.3) is 0 Å². The molecule has 0 rings (SSSR count). The molecule has 2 atom stereocenters. The fraction of sp³-hybridized carbons (Fsp3) is 0.958. The summed E-state index contributed by atoms with van der Waals surface area (Å²) < 4.78 is 11.6. The molecule has 0 saturated heterocycles. The second-order valence-corrected chi connectivity index (χ2v) is 16.6. The molecule has 0 spiro atoms. The second kappa shape index (κ2) is 43.0. The molecule has 0 radical (unpaired) electrons. The lowest BCUT2D eigenvalue weighted by molar-refractivity contribution is -0.150. The molecule has 0 saturated carbocycles. The topological polar surface area (TPSA) is 76.1 Å². The lowest BCUT2D eigenvalue weighted by Crippen LogP contribution is -2.27. The van der Waals surface area contributed by atoms with Gasteiger partial charge in [0.05, 0.1) is 25.0 Å². The van der Waals surface area contributed by atoms with E-state index in [-0.39, 0.29) is 30.4 Å². The lowest BCUT2D eigenvalue weighted by Gasteiger charge is -2.22. The van der Waals surface area contributed by atoms with Crippen LogP contribution in [0, 0.1) is 11.8 Å². The Bertz CT molecular complexity index is 718. The van der Waals surface area contributed by atoms with Gasteiger partial charge in [-0.1, -0.05) is 182 Å². The van der Waals surface area contributed by atoms with E-state index >= 15 is 0 Å².